The standard InChI is InChI=1S/C12H12N2O2/c1-14-8-7-10(11(14)13)12(15)16-9-5-3-2-4-6-9/h2-8H,13H2,1H3. The van der Waals surface area contributed by atoms with Gasteiger partial charge < -0.3 is 15.0 Å². The molecule has 2 aromatic rings. The van der Waals surface area contributed by atoms with Crippen LogP contribution in [0.25, 0.3) is 0 Å². The molecular formula is C12H12N2O2. The summed E-state index contributed by atoms with van der Waals surface area (Å²) < 4.78 is 6.83. The van der Waals surface area contributed by atoms with E-state index in [9.17, 15) is 4.79 Å². The molecule has 1 aromatic carbocycles. The van der Waals surface area contributed by atoms with Gasteiger partial charge in [-0.05, 0) is 18.2 Å². The highest BCUT2D eigenvalue weighted by atomic mass is 16.5. The Morgan fingerprint density at radius 3 is 2.50 bits per heavy atom. The van der Waals surface area contributed by atoms with Crippen LogP contribution in [0.5, 0.6) is 5.75 Å². The number of benzene rings is 1. The molecule has 2 N–H and O–H groups in total. The van der Waals surface area contributed by atoms with E-state index in [1.165, 1.54) is 0 Å². The lowest BCUT2D eigenvalue weighted by Crippen LogP contribution is -2.10. The van der Waals surface area contributed by atoms with E-state index in [4.69, 9.17) is 10.5 Å². The fourth-order valence-electron chi connectivity index (χ4n) is 1.37. The van der Waals surface area contributed by atoms with Crippen LogP contribution in [0, 0.1) is 0 Å². The van der Waals surface area contributed by atoms with Gasteiger partial charge in [0.05, 0.1) is 0 Å². The van der Waals surface area contributed by atoms with Gasteiger partial charge in [-0.1, -0.05) is 18.2 Å². The van der Waals surface area contributed by atoms with Gasteiger partial charge in [-0.3, -0.25) is 0 Å². The minimum Gasteiger partial charge on any atom is -0.423 e. The summed E-state index contributed by atoms with van der Waals surface area (Å²) in [6.07, 6.45) is 1.72. The maximum absolute atomic E-state index is 11.7. The maximum atomic E-state index is 11.7. The van der Waals surface area contributed by atoms with E-state index in [1.54, 1.807) is 48.1 Å². The van der Waals surface area contributed by atoms with E-state index in [0.29, 0.717) is 17.1 Å². The molecule has 1 aromatic heterocycles. The van der Waals surface area contributed by atoms with Gasteiger partial charge in [0, 0.05) is 13.2 Å². The molecule has 0 saturated carbocycles. The molecule has 0 amide bonds. The molecule has 0 unspecified atom stereocenters. The number of nitrogens with two attached hydrogens (primary N) is 1. The van der Waals surface area contributed by atoms with Crippen molar-refractivity contribution in [3.63, 3.8) is 0 Å². The second-order valence-electron chi connectivity index (χ2n) is 3.43. The highest BCUT2D eigenvalue weighted by Gasteiger charge is 2.14. The Balaban J connectivity index is 2.18. The van der Waals surface area contributed by atoms with E-state index in [0.717, 1.165) is 0 Å². The molecule has 2 rings (SSSR count). The number of aromatic nitrogens is 1. The average molecular weight is 216 g/mol. The number of para-hydroxylation sites is 1. The van der Waals surface area contributed by atoms with Crippen molar-refractivity contribution >= 4 is 11.8 Å². The lowest BCUT2D eigenvalue weighted by atomic mass is 10.3. The largest absolute Gasteiger partial charge is 0.423 e. The average Bonchev–Trinajstić information content (AvgIpc) is 2.61. The van der Waals surface area contributed by atoms with E-state index < -0.39 is 5.97 Å². The van der Waals surface area contributed by atoms with Gasteiger partial charge in [0.2, 0.25) is 0 Å². The number of nitrogens with zero attached hydrogens (tertiary/aromatic N) is 1. The fourth-order valence-corrected chi connectivity index (χ4v) is 1.37. The molecule has 0 fully saturated rings. The lowest BCUT2D eigenvalue weighted by Gasteiger charge is -2.03. The zero-order valence-corrected chi connectivity index (χ0v) is 8.88. The number of ether oxygens (including phenoxy) is 1. The Kier molecular flexibility index (Phi) is 2.64. The first kappa shape index (κ1) is 10.3. The number of nitrogen functional groups attached to an aromatic ring is 1. The number of carbonyl (C=O) groups is 1. The van der Waals surface area contributed by atoms with Crippen molar-refractivity contribution in [3.05, 3.63) is 48.2 Å². The quantitative estimate of drug-likeness (QED) is 0.615. The number of esters is 1. The Bertz CT molecular complexity index is 503. The van der Waals surface area contributed by atoms with Crippen molar-refractivity contribution in [2.75, 3.05) is 5.73 Å². The van der Waals surface area contributed by atoms with Crippen molar-refractivity contribution < 1.29 is 9.53 Å². The van der Waals surface area contributed by atoms with Gasteiger partial charge in [0.25, 0.3) is 0 Å². The van der Waals surface area contributed by atoms with Gasteiger partial charge in [-0.25, -0.2) is 4.79 Å². The number of hydrogen-bond donors (Lipinski definition) is 1. The third kappa shape index (κ3) is 1.91. The number of aryl methyl sites for hydroxylation is 1. The molecule has 0 atom stereocenters. The van der Waals surface area contributed by atoms with Crippen molar-refractivity contribution in [2.45, 2.75) is 0 Å². The number of rotatable bonds is 2. The third-order valence-electron chi connectivity index (χ3n) is 2.29. The molecule has 0 bridgehead atoms. The number of anilines is 1. The van der Waals surface area contributed by atoms with E-state index >= 15 is 0 Å². The summed E-state index contributed by atoms with van der Waals surface area (Å²) >= 11 is 0. The van der Waals surface area contributed by atoms with E-state index in [2.05, 4.69) is 0 Å². The molecule has 82 valence electrons. The summed E-state index contributed by atoms with van der Waals surface area (Å²) in [5, 5.41) is 0. The highest BCUT2D eigenvalue weighted by Crippen LogP contribution is 2.16. The van der Waals surface area contributed by atoms with E-state index in [-0.39, 0.29) is 0 Å². The minimum atomic E-state index is -0.440. The molecule has 0 aliphatic carbocycles. The molecule has 4 heteroatoms. The predicted molar refractivity (Wildman–Crippen MR) is 61.2 cm³/mol. The molecule has 0 saturated heterocycles. The zero-order valence-electron chi connectivity index (χ0n) is 8.88. The summed E-state index contributed by atoms with van der Waals surface area (Å²) in [7, 11) is 1.77. The molecule has 0 aliphatic heterocycles. The number of carbonyl (C=O) groups excluding carboxylic acids is 1. The van der Waals surface area contributed by atoms with Gasteiger partial charge in [0.15, 0.2) is 0 Å². The second kappa shape index (κ2) is 4.10. The van der Waals surface area contributed by atoms with Crippen LogP contribution >= 0.6 is 0 Å². The van der Waals surface area contributed by atoms with Gasteiger partial charge in [-0.2, -0.15) is 0 Å². The summed E-state index contributed by atoms with van der Waals surface area (Å²) in [6, 6.07) is 10.5. The van der Waals surface area contributed by atoms with Crippen LogP contribution in [0.1, 0.15) is 10.4 Å². The van der Waals surface area contributed by atoms with Crippen molar-refractivity contribution in [2.24, 2.45) is 7.05 Å². The summed E-state index contributed by atoms with van der Waals surface area (Å²) in [5.41, 5.74) is 6.10. The van der Waals surface area contributed by atoms with Crippen LogP contribution in [-0.4, -0.2) is 10.5 Å². The molecule has 0 aliphatic rings. The van der Waals surface area contributed by atoms with Crippen LogP contribution in [0.4, 0.5) is 5.82 Å². The SMILES string of the molecule is Cn1ccc(C(=O)Oc2ccccc2)c1N. The zero-order chi connectivity index (χ0) is 11.5. The molecule has 0 radical (unpaired) electrons. The normalized spacial score (nSPS) is 10.1. The summed E-state index contributed by atoms with van der Waals surface area (Å²) in [5.74, 6) is 0.473. The monoisotopic (exact) mass is 216 g/mol. The Morgan fingerprint density at radius 1 is 1.25 bits per heavy atom. The number of hydrogen-bond acceptors (Lipinski definition) is 3. The molecule has 4 nitrogen and oxygen atoms in total. The van der Waals surface area contributed by atoms with Crippen molar-refractivity contribution in [1.29, 1.82) is 0 Å². The Morgan fingerprint density at radius 2 is 1.94 bits per heavy atom. The Hall–Kier alpha value is -2.23. The maximum Gasteiger partial charge on any atom is 0.347 e. The molecule has 1 heterocycles. The van der Waals surface area contributed by atoms with Crippen molar-refractivity contribution in [1.82, 2.24) is 4.57 Å². The Labute approximate surface area is 93.3 Å². The first-order valence-corrected chi connectivity index (χ1v) is 4.86. The third-order valence-corrected chi connectivity index (χ3v) is 2.29. The molecular weight excluding hydrogens is 204 g/mol. The van der Waals surface area contributed by atoms with E-state index in [1.807, 2.05) is 6.07 Å². The predicted octanol–water partition coefficient (Wildman–Crippen LogP) is 1.83. The van der Waals surface area contributed by atoms with Crippen LogP contribution < -0.4 is 10.5 Å². The molecule has 0 spiro atoms. The van der Waals surface area contributed by atoms with Crippen LogP contribution in [0.3, 0.4) is 0 Å². The van der Waals surface area contributed by atoms with Crippen LogP contribution in [-0.2, 0) is 7.05 Å². The van der Waals surface area contributed by atoms with Gasteiger partial charge >= 0.3 is 5.97 Å². The fraction of sp³-hybridized carbons (Fsp3) is 0.0833. The lowest BCUT2D eigenvalue weighted by molar-refractivity contribution is 0.0736. The highest BCUT2D eigenvalue weighted by molar-refractivity contribution is 5.95. The van der Waals surface area contributed by atoms with Gasteiger partial charge in [0.1, 0.15) is 17.1 Å². The summed E-state index contributed by atoms with van der Waals surface area (Å²) in [6.45, 7) is 0. The molecule has 16 heavy (non-hydrogen) atoms. The van der Waals surface area contributed by atoms with Gasteiger partial charge in [-0.15, -0.1) is 0 Å². The van der Waals surface area contributed by atoms with Crippen LogP contribution in [0.2, 0.25) is 0 Å². The topological polar surface area (TPSA) is 57.2 Å². The smallest absolute Gasteiger partial charge is 0.347 e. The van der Waals surface area contributed by atoms with Crippen LogP contribution in [0.15, 0.2) is 42.6 Å². The van der Waals surface area contributed by atoms with Crippen molar-refractivity contribution in [3.8, 4) is 5.75 Å². The second-order valence-corrected chi connectivity index (χ2v) is 3.43. The minimum absolute atomic E-state index is 0.381. The first-order chi connectivity index (χ1) is 7.68. The summed E-state index contributed by atoms with van der Waals surface area (Å²) in [4.78, 5) is 11.7. The first-order valence-electron chi connectivity index (χ1n) is 4.86.